The number of aromatic nitrogens is 1. The lowest BCUT2D eigenvalue weighted by molar-refractivity contribution is -0.146. The first-order chi connectivity index (χ1) is 28.7. The SMILES string of the molecule is CCC(C)C(C(CC(=O)N1CCCC1C(OC)C(C)C(=O)NC(Cc1ccccc1)c1nccs1)OC)N(C)C(=O)CNC(=O)C(C(C)C)N(C)CCc1ccc(N)cc1. The third-order valence-corrected chi connectivity index (χ3v) is 13.1. The van der Waals surface area contributed by atoms with E-state index in [0.29, 0.717) is 31.6 Å². The minimum Gasteiger partial charge on any atom is -0.399 e. The van der Waals surface area contributed by atoms with E-state index in [-0.39, 0.29) is 60.5 Å². The Kier molecular flexibility index (Phi) is 19.0. The summed E-state index contributed by atoms with van der Waals surface area (Å²) in [6, 6.07) is 16.2. The molecule has 1 aliphatic rings. The molecule has 8 atom stereocenters. The lowest BCUT2D eigenvalue weighted by atomic mass is 9.90. The van der Waals surface area contributed by atoms with Crippen molar-refractivity contribution in [2.75, 3.05) is 53.7 Å². The number of methoxy groups -OCH3 is 2. The second-order valence-electron chi connectivity index (χ2n) is 16.6. The Bertz CT molecular complexity index is 1780. The first kappa shape index (κ1) is 48.3. The fraction of sp³-hybridized carbons (Fsp3) is 0.587. The first-order valence-electron chi connectivity index (χ1n) is 21.4. The van der Waals surface area contributed by atoms with Crippen LogP contribution in [0.2, 0.25) is 0 Å². The Morgan fingerprint density at radius 2 is 1.67 bits per heavy atom. The summed E-state index contributed by atoms with van der Waals surface area (Å²) in [4.78, 5) is 65.6. The zero-order chi connectivity index (χ0) is 43.9. The van der Waals surface area contributed by atoms with Crippen LogP contribution in [0.15, 0.2) is 66.2 Å². The van der Waals surface area contributed by atoms with Crippen molar-refractivity contribution in [2.45, 2.75) is 110 Å². The van der Waals surface area contributed by atoms with Gasteiger partial charge in [-0.15, -0.1) is 11.3 Å². The molecule has 0 radical (unpaired) electrons. The van der Waals surface area contributed by atoms with Crippen molar-refractivity contribution >= 4 is 40.7 Å². The third-order valence-electron chi connectivity index (χ3n) is 12.2. The van der Waals surface area contributed by atoms with Crippen molar-refractivity contribution in [3.05, 3.63) is 82.3 Å². The monoisotopic (exact) mass is 848 g/mol. The number of hydrogen-bond acceptors (Lipinski definition) is 10. The fourth-order valence-corrected chi connectivity index (χ4v) is 9.31. The van der Waals surface area contributed by atoms with Crippen molar-refractivity contribution in [3.8, 4) is 0 Å². The van der Waals surface area contributed by atoms with E-state index in [1.165, 1.54) is 11.3 Å². The molecule has 4 amide bonds. The molecule has 3 aromatic rings. The summed E-state index contributed by atoms with van der Waals surface area (Å²) in [6.45, 7) is 11.0. The van der Waals surface area contributed by atoms with Gasteiger partial charge in [0.25, 0.3) is 0 Å². The summed E-state index contributed by atoms with van der Waals surface area (Å²) in [5.74, 6) is -1.33. The first-order valence-corrected chi connectivity index (χ1v) is 22.2. The predicted molar refractivity (Wildman–Crippen MR) is 238 cm³/mol. The quantitative estimate of drug-likeness (QED) is 0.107. The van der Waals surface area contributed by atoms with Gasteiger partial charge in [-0.2, -0.15) is 0 Å². The van der Waals surface area contributed by atoms with Crippen LogP contribution in [0.4, 0.5) is 5.69 Å². The van der Waals surface area contributed by atoms with E-state index in [2.05, 4.69) is 15.6 Å². The van der Waals surface area contributed by atoms with Crippen LogP contribution in [0.5, 0.6) is 0 Å². The number of likely N-dealkylation sites (N-methyl/N-ethyl adjacent to an activating group) is 2. The van der Waals surface area contributed by atoms with Gasteiger partial charge in [-0.1, -0.05) is 83.5 Å². The van der Waals surface area contributed by atoms with Crippen LogP contribution in [0, 0.1) is 17.8 Å². The molecule has 4 N–H and O–H groups in total. The van der Waals surface area contributed by atoms with Gasteiger partial charge in [-0.25, -0.2) is 4.98 Å². The number of benzene rings is 2. The topological polar surface area (TPSA) is 159 Å². The predicted octanol–water partition coefficient (Wildman–Crippen LogP) is 5.36. The number of hydrogen-bond donors (Lipinski definition) is 3. The lowest BCUT2D eigenvalue weighted by Gasteiger charge is -2.39. The molecule has 60 heavy (non-hydrogen) atoms. The third kappa shape index (κ3) is 13.1. The Morgan fingerprint density at radius 3 is 2.27 bits per heavy atom. The number of carbonyl (C=O) groups is 4. The van der Waals surface area contributed by atoms with Crippen molar-refractivity contribution in [1.82, 2.24) is 30.3 Å². The van der Waals surface area contributed by atoms with E-state index in [1.807, 2.05) is 111 Å². The van der Waals surface area contributed by atoms with Gasteiger partial charge in [0, 0.05) is 51.6 Å². The molecule has 1 fully saturated rings. The number of amides is 4. The highest BCUT2D eigenvalue weighted by Crippen LogP contribution is 2.30. The van der Waals surface area contributed by atoms with E-state index >= 15 is 0 Å². The van der Waals surface area contributed by atoms with Crippen LogP contribution in [-0.4, -0.2) is 122 Å². The summed E-state index contributed by atoms with van der Waals surface area (Å²) in [5.41, 5.74) is 8.77. The second kappa shape index (κ2) is 23.6. The van der Waals surface area contributed by atoms with Gasteiger partial charge in [0.15, 0.2) is 0 Å². The molecule has 1 aliphatic heterocycles. The standard InChI is InChI=1S/C46H69N7O6S/c1-10-31(4)42(52(7)40(55)29-49-45(57)41(30(2)3)51(6)25-22-33-18-20-35(47)21-19-33)38(58-8)28-39(54)53-24-14-17-37(53)43(59-9)32(5)44(56)50-36(46-48-23-26-60-46)27-34-15-12-11-13-16-34/h11-13,15-16,18-21,23,26,30-32,36-38,41-43H,10,14,17,22,24-25,27-29,47H2,1-9H3,(H,49,57)(H,50,56). The zero-order valence-electron chi connectivity index (χ0n) is 37.1. The molecule has 0 spiro atoms. The van der Waals surface area contributed by atoms with Crippen molar-refractivity contribution < 1.29 is 28.7 Å². The van der Waals surface area contributed by atoms with Gasteiger partial charge < -0.3 is 35.6 Å². The normalized spacial score (nSPS) is 17.7. The van der Waals surface area contributed by atoms with E-state index in [1.54, 1.807) is 32.4 Å². The molecular formula is C46H69N7O6S. The minimum atomic E-state index is -0.611. The Balaban J connectivity index is 1.40. The maximum absolute atomic E-state index is 14.3. The number of rotatable bonds is 23. The number of nitrogens with zero attached hydrogens (tertiary/aromatic N) is 4. The maximum Gasteiger partial charge on any atom is 0.242 e. The van der Waals surface area contributed by atoms with Gasteiger partial charge in [-0.05, 0) is 67.8 Å². The van der Waals surface area contributed by atoms with Crippen LogP contribution >= 0.6 is 11.3 Å². The van der Waals surface area contributed by atoms with Crippen LogP contribution < -0.4 is 16.4 Å². The molecule has 1 aromatic heterocycles. The fourth-order valence-electron chi connectivity index (χ4n) is 8.62. The summed E-state index contributed by atoms with van der Waals surface area (Å²) in [6.07, 6.45) is 4.20. The lowest BCUT2D eigenvalue weighted by Crippen LogP contribution is -2.55. The highest BCUT2D eigenvalue weighted by Gasteiger charge is 2.42. The number of carbonyl (C=O) groups excluding carboxylic acids is 4. The molecule has 0 bridgehead atoms. The van der Waals surface area contributed by atoms with Gasteiger partial charge >= 0.3 is 0 Å². The van der Waals surface area contributed by atoms with Gasteiger partial charge in [-0.3, -0.25) is 24.1 Å². The summed E-state index contributed by atoms with van der Waals surface area (Å²) < 4.78 is 12.1. The summed E-state index contributed by atoms with van der Waals surface area (Å²) in [5, 5.41) is 8.87. The van der Waals surface area contributed by atoms with Crippen LogP contribution in [-0.2, 0) is 41.5 Å². The number of likely N-dealkylation sites (tertiary alicyclic amines) is 1. The van der Waals surface area contributed by atoms with E-state index in [4.69, 9.17) is 15.2 Å². The zero-order valence-corrected chi connectivity index (χ0v) is 38.0. The van der Waals surface area contributed by atoms with E-state index < -0.39 is 30.2 Å². The maximum atomic E-state index is 14.3. The number of nitrogen functional groups attached to an aromatic ring is 1. The minimum absolute atomic E-state index is 0.00979. The molecule has 4 rings (SSSR count). The van der Waals surface area contributed by atoms with Crippen LogP contribution in [0.3, 0.4) is 0 Å². The number of thiazole rings is 1. The molecule has 330 valence electrons. The average Bonchev–Trinajstić information content (AvgIpc) is 3.96. The van der Waals surface area contributed by atoms with Gasteiger partial charge in [0.1, 0.15) is 5.01 Å². The van der Waals surface area contributed by atoms with E-state index in [0.717, 1.165) is 35.4 Å². The Hall–Kier alpha value is -4.37. The highest BCUT2D eigenvalue weighted by atomic mass is 32.1. The molecule has 2 heterocycles. The molecule has 1 saturated heterocycles. The molecule has 13 nitrogen and oxygen atoms in total. The smallest absolute Gasteiger partial charge is 0.242 e. The highest BCUT2D eigenvalue weighted by molar-refractivity contribution is 7.09. The number of nitrogens with one attached hydrogen (secondary N) is 2. The largest absolute Gasteiger partial charge is 0.399 e. The molecule has 2 aromatic carbocycles. The molecule has 14 heteroatoms. The number of nitrogens with two attached hydrogens (primary N) is 1. The Labute approximate surface area is 361 Å². The summed E-state index contributed by atoms with van der Waals surface area (Å²) >= 11 is 1.50. The number of anilines is 1. The molecular weight excluding hydrogens is 779 g/mol. The molecule has 0 saturated carbocycles. The second-order valence-corrected chi connectivity index (χ2v) is 17.6. The number of ether oxygens (including phenoxy) is 2. The van der Waals surface area contributed by atoms with Gasteiger partial charge in [0.05, 0.1) is 55.3 Å². The van der Waals surface area contributed by atoms with E-state index in [9.17, 15) is 19.2 Å². The van der Waals surface area contributed by atoms with Crippen molar-refractivity contribution in [3.63, 3.8) is 0 Å². The van der Waals surface area contributed by atoms with Crippen LogP contribution in [0.25, 0.3) is 0 Å². The average molecular weight is 848 g/mol. The van der Waals surface area contributed by atoms with Gasteiger partial charge in [0.2, 0.25) is 23.6 Å². The summed E-state index contributed by atoms with van der Waals surface area (Å²) in [7, 11) is 6.81. The van der Waals surface area contributed by atoms with Crippen molar-refractivity contribution in [1.29, 1.82) is 0 Å². The molecule has 0 aliphatic carbocycles. The molecule has 8 unspecified atom stereocenters. The van der Waals surface area contributed by atoms with Crippen molar-refractivity contribution in [2.24, 2.45) is 17.8 Å². The van der Waals surface area contributed by atoms with Crippen LogP contribution in [0.1, 0.15) is 82.5 Å². The Morgan fingerprint density at radius 1 is 0.967 bits per heavy atom.